The van der Waals surface area contributed by atoms with Gasteiger partial charge in [-0.15, -0.1) is 0 Å². The topological polar surface area (TPSA) is 47.8 Å². The lowest BCUT2D eigenvalue weighted by atomic mass is 10.1. The van der Waals surface area contributed by atoms with Gasteiger partial charge in [0.1, 0.15) is 16.1 Å². The number of hydrogen-bond acceptors (Lipinski definition) is 3. The molecule has 6 heteroatoms. The molecule has 0 aliphatic carbocycles. The Morgan fingerprint density at radius 1 is 1.04 bits per heavy atom. The molecule has 0 spiro atoms. The number of hydrogen-bond donors (Lipinski definition) is 0. The van der Waals surface area contributed by atoms with E-state index >= 15 is 0 Å². The van der Waals surface area contributed by atoms with E-state index in [1.807, 2.05) is 19.1 Å². The summed E-state index contributed by atoms with van der Waals surface area (Å²) in [6, 6.07) is 10.1. The van der Waals surface area contributed by atoms with Gasteiger partial charge in [-0.2, -0.15) is 0 Å². The quantitative estimate of drug-likeness (QED) is 0.654. The summed E-state index contributed by atoms with van der Waals surface area (Å²) in [7, 11) is 0. The van der Waals surface area contributed by atoms with Crippen molar-refractivity contribution in [3.05, 3.63) is 92.1 Å². The number of halogens is 2. The Bertz CT molecular complexity index is 924. The third-order valence-corrected chi connectivity index (χ3v) is 4.82. The maximum atomic E-state index is 13.0. The van der Waals surface area contributed by atoms with Gasteiger partial charge in [-0.3, -0.25) is 14.3 Å². The van der Waals surface area contributed by atoms with Crippen molar-refractivity contribution >= 4 is 15.9 Å². The first-order valence-corrected chi connectivity index (χ1v) is 8.73. The minimum absolute atomic E-state index is 0.0987. The Kier molecular flexibility index (Phi) is 5.38. The van der Waals surface area contributed by atoms with Gasteiger partial charge in [0.2, 0.25) is 0 Å². The number of nitrogens with zero attached hydrogens (tertiary/aromatic N) is 3. The number of aromatic nitrogens is 3. The highest BCUT2D eigenvalue weighted by atomic mass is 79.9. The summed E-state index contributed by atoms with van der Waals surface area (Å²) in [6.45, 7) is 2.29. The number of pyridine rings is 1. The molecule has 0 radical (unpaired) electrons. The minimum atomic E-state index is -0.252. The molecule has 3 rings (SSSR count). The molecule has 0 atom stereocenters. The fraction of sp³-hybridized carbons (Fsp3) is 0.211. The normalized spacial score (nSPS) is 10.8. The van der Waals surface area contributed by atoms with E-state index < -0.39 is 0 Å². The summed E-state index contributed by atoms with van der Waals surface area (Å²) in [4.78, 5) is 21.3. The highest BCUT2D eigenvalue weighted by Gasteiger charge is 2.13. The zero-order valence-electron chi connectivity index (χ0n) is 13.7. The van der Waals surface area contributed by atoms with Gasteiger partial charge >= 0.3 is 0 Å². The van der Waals surface area contributed by atoms with Crippen molar-refractivity contribution in [3.63, 3.8) is 0 Å². The second kappa shape index (κ2) is 7.70. The van der Waals surface area contributed by atoms with Crippen LogP contribution in [0.25, 0.3) is 0 Å². The lowest BCUT2D eigenvalue weighted by molar-refractivity contribution is 0.626. The molecule has 0 bridgehead atoms. The molecular formula is C19H17BrFN3O. The third-order valence-electron chi connectivity index (χ3n) is 4.03. The van der Waals surface area contributed by atoms with Crippen LogP contribution in [0.5, 0.6) is 0 Å². The summed E-state index contributed by atoms with van der Waals surface area (Å²) in [5.74, 6) is 0.414. The van der Waals surface area contributed by atoms with Gasteiger partial charge in [-0.25, -0.2) is 9.37 Å². The van der Waals surface area contributed by atoms with Crippen LogP contribution in [-0.4, -0.2) is 14.5 Å². The molecule has 2 heterocycles. The van der Waals surface area contributed by atoms with Gasteiger partial charge in [0.15, 0.2) is 0 Å². The van der Waals surface area contributed by atoms with Gasteiger partial charge in [0, 0.05) is 12.4 Å². The second-order valence-corrected chi connectivity index (χ2v) is 6.59. The van der Waals surface area contributed by atoms with E-state index in [0.29, 0.717) is 29.7 Å². The monoisotopic (exact) mass is 401 g/mol. The van der Waals surface area contributed by atoms with E-state index in [1.165, 1.54) is 12.1 Å². The lowest BCUT2D eigenvalue weighted by Crippen LogP contribution is -2.26. The van der Waals surface area contributed by atoms with Crippen LogP contribution in [0, 0.1) is 12.7 Å². The fourth-order valence-corrected chi connectivity index (χ4v) is 3.13. The van der Waals surface area contributed by atoms with Crippen molar-refractivity contribution in [1.29, 1.82) is 0 Å². The Morgan fingerprint density at radius 2 is 1.72 bits per heavy atom. The van der Waals surface area contributed by atoms with Crippen LogP contribution in [-0.2, 0) is 19.4 Å². The van der Waals surface area contributed by atoms with Crippen molar-refractivity contribution in [2.45, 2.75) is 26.3 Å². The van der Waals surface area contributed by atoms with E-state index in [-0.39, 0.29) is 11.4 Å². The number of rotatable bonds is 5. The Morgan fingerprint density at radius 3 is 2.40 bits per heavy atom. The number of aryl methyl sites for hydroxylation is 3. The molecule has 0 saturated heterocycles. The first-order valence-electron chi connectivity index (χ1n) is 7.94. The predicted molar refractivity (Wildman–Crippen MR) is 98.1 cm³/mol. The lowest BCUT2D eigenvalue weighted by Gasteiger charge is -2.13. The molecule has 0 aliphatic rings. The predicted octanol–water partition coefficient (Wildman–Crippen LogP) is 3.68. The molecule has 0 aliphatic heterocycles. The Balaban J connectivity index is 1.82. The molecule has 0 amide bonds. The summed E-state index contributed by atoms with van der Waals surface area (Å²) in [5.41, 5.74) is 2.62. The molecular weight excluding hydrogens is 385 g/mol. The zero-order chi connectivity index (χ0) is 17.8. The van der Waals surface area contributed by atoms with E-state index in [9.17, 15) is 9.18 Å². The molecule has 1 aromatic carbocycles. The first kappa shape index (κ1) is 17.5. The molecule has 3 aromatic rings. The second-order valence-electron chi connectivity index (χ2n) is 5.79. The van der Waals surface area contributed by atoms with Crippen molar-refractivity contribution < 1.29 is 4.39 Å². The standard InChI is InChI=1S/C19H17BrFN3O/c1-13-23-17(7-4-14-2-5-16(21)6-3-14)18(20)19(25)24(13)12-15-8-10-22-11-9-15/h2-3,5-6,8-11H,4,7,12H2,1H3. The maximum Gasteiger partial charge on any atom is 0.268 e. The number of benzene rings is 1. The van der Waals surface area contributed by atoms with Gasteiger partial charge in [-0.1, -0.05) is 12.1 Å². The highest BCUT2D eigenvalue weighted by molar-refractivity contribution is 9.10. The first-order chi connectivity index (χ1) is 12.0. The summed E-state index contributed by atoms with van der Waals surface area (Å²) in [6.07, 6.45) is 4.71. The molecule has 0 saturated carbocycles. The molecule has 2 aromatic heterocycles. The van der Waals surface area contributed by atoms with Gasteiger partial charge in [0.25, 0.3) is 5.56 Å². The molecule has 0 N–H and O–H groups in total. The molecule has 0 fully saturated rings. The smallest absolute Gasteiger partial charge is 0.268 e. The van der Waals surface area contributed by atoms with Crippen LogP contribution >= 0.6 is 15.9 Å². The SMILES string of the molecule is Cc1nc(CCc2ccc(F)cc2)c(Br)c(=O)n1Cc1ccncc1. The Labute approximate surface area is 153 Å². The maximum absolute atomic E-state index is 13.0. The van der Waals surface area contributed by atoms with Crippen molar-refractivity contribution in [3.8, 4) is 0 Å². The third kappa shape index (κ3) is 4.20. The van der Waals surface area contributed by atoms with E-state index in [0.717, 1.165) is 16.8 Å². The minimum Gasteiger partial charge on any atom is -0.291 e. The van der Waals surface area contributed by atoms with Gasteiger partial charge in [-0.05, 0) is 71.1 Å². The van der Waals surface area contributed by atoms with Crippen molar-refractivity contribution in [2.24, 2.45) is 0 Å². The molecule has 0 unspecified atom stereocenters. The Hall–Kier alpha value is -2.34. The average molecular weight is 402 g/mol. The van der Waals surface area contributed by atoms with Crippen molar-refractivity contribution in [2.75, 3.05) is 0 Å². The van der Waals surface area contributed by atoms with Gasteiger partial charge in [0.05, 0.1) is 12.2 Å². The van der Waals surface area contributed by atoms with Crippen LogP contribution in [0.15, 0.2) is 58.1 Å². The van der Waals surface area contributed by atoms with E-state index in [2.05, 4.69) is 25.9 Å². The van der Waals surface area contributed by atoms with Crippen LogP contribution in [0.3, 0.4) is 0 Å². The zero-order valence-corrected chi connectivity index (χ0v) is 15.3. The van der Waals surface area contributed by atoms with Crippen LogP contribution in [0.4, 0.5) is 4.39 Å². The van der Waals surface area contributed by atoms with E-state index in [4.69, 9.17) is 0 Å². The van der Waals surface area contributed by atoms with Gasteiger partial charge < -0.3 is 0 Å². The molecule has 128 valence electrons. The van der Waals surface area contributed by atoms with E-state index in [1.54, 1.807) is 29.1 Å². The summed E-state index contributed by atoms with van der Waals surface area (Å²) >= 11 is 3.40. The summed E-state index contributed by atoms with van der Waals surface area (Å²) in [5, 5.41) is 0. The fourth-order valence-electron chi connectivity index (χ4n) is 2.63. The van der Waals surface area contributed by atoms with Crippen LogP contribution in [0.2, 0.25) is 0 Å². The molecule has 25 heavy (non-hydrogen) atoms. The summed E-state index contributed by atoms with van der Waals surface area (Å²) < 4.78 is 15.1. The highest BCUT2D eigenvalue weighted by Crippen LogP contribution is 2.15. The van der Waals surface area contributed by atoms with Crippen LogP contribution < -0.4 is 5.56 Å². The average Bonchev–Trinajstić information content (AvgIpc) is 2.63. The molecule has 4 nitrogen and oxygen atoms in total. The van der Waals surface area contributed by atoms with Crippen molar-refractivity contribution in [1.82, 2.24) is 14.5 Å². The largest absolute Gasteiger partial charge is 0.291 e. The van der Waals surface area contributed by atoms with Crippen LogP contribution in [0.1, 0.15) is 22.6 Å².